The largest absolute Gasteiger partial charge is 0.495 e. The van der Waals surface area contributed by atoms with Gasteiger partial charge in [-0.2, -0.15) is 0 Å². The van der Waals surface area contributed by atoms with Crippen LogP contribution in [0, 0.1) is 0 Å². The summed E-state index contributed by atoms with van der Waals surface area (Å²) >= 11 is 0. The zero-order chi connectivity index (χ0) is 7.84. The highest BCUT2D eigenvalue weighted by Crippen LogP contribution is 2.41. The Kier molecular flexibility index (Phi) is 1.31. The van der Waals surface area contributed by atoms with Crippen molar-refractivity contribution in [2.45, 2.75) is 25.2 Å². The first kappa shape index (κ1) is 6.58. The number of aromatic amines is 1. The molecule has 0 radical (unpaired) electrons. The summed E-state index contributed by atoms with van der Waals surface area (Å²) < 4.78 is 0. The summed E-state index contributed by atoms with van der Waals surface area (Å²) in [7, 11) is 0. The predicted molar refractivity (Wildman–Crippen MR) is 40.7 cm³/mol. The van der Waals surface area contributed by atoms with Crippen molar-refractivity contribution in [3.8, 4) is 11.8 Å². The van der Waals surface area contributed by atoms with Crippen LogP contribution in [-0.4, -0.2) is 15.2 Å². The molecule has 0 bridgehead atoms. The van der Waals surface area contributed by atoms with Gasteiger partial charge in [0.15, 0.2) is 11.8 Å². The van der Waals surface area contributed by atoms with E-state index in [2.05, 4.69) is 4.98 Å². The molecule has 1 aromatic rings. The molecule has 1 aliphatic carbocycles. The average molecular weight is 153 g/mol. The van der Waals surface area contributed by atoms with Gasteiger partial charge in [-0.1, -0.05) is 6.42 Å². The number of H-pyrrole nitrogens is 1. The monoisotopic (exact) mass is 153 g/mol. The topological polar surface area (TPSA) is 56.2 Å². The van der Waals surface area contributed by atoms with E-state index < -0.39 is 0 Å². The van der Waals surface area contributed by atoms with Gasteiger partial charge >= 0.3 is 0 Å². The van der Waals surface area contributed by atoms with Crippen LogP contribution in [0.2, 0.25) is 0 Å². The third-order valence-electron chi connectivity index (χ3n) is 2.36. The van der Waals surface area contributed by atoms with Gasteiger partial charge in [-0.3, -0.25) is 4.98 Å². The molecule has 3 heteroatoms. The minimum atomic E-state index is 0.0596. The van der Waals surface area contributed by atoms with E-state index in [1.54, 1.807) is 6.07 Å². The fourth-order valence-electron chi connectivity index (χ4n) is 1.48. The SMILES string of the molecule is Oc1cc(C2CCC2)c(O)[nH]1. The number of nitrogens with one attached hydrogen (secondary N) is 1. The van der Waals surface area contributed by atoms with Crippen molar-refractivity contribution in [3.05, 3.63) is 11.6 Å². The van der Waals surface area contributed by atoms with Gasteiger partial charge in [0.2, 0.25) is 0 Å². The Morgan fingerprint density at radius 2 is 2.09 bits per heavy atom. The Labute approximate surface area is 64.7 Å². The minimum Gasteiger partial charge on any atom is -0.495 e. The van der Waals surface area contributed by atoms with Crippen LogP contribution in [0.5, 0.6) is 11.8 Å². The molecule has 0 unspecified atom stereocenters. The molecule has 60 valence electrons. The van der Waals surface area contributed by atoms with Crippen molar-refractivity contribution in [2.24, 2.45) is 0 Å². The van der Waals surface area contributed by atoms with E-state index in [0.29, 0.717) is 5.92 Å². The van der Waals surface area contributed by atoms with Gasteiger partial charge in [-0.25, -0.2) is 0 Å². The fraction of sp³-hybridized carbons (Fsp3) is 0.500. The van der Waals surface area contributed by atoms with E-state index in [9.17, 15) is 5.11 Å². The first-order valence-corrected chi connectivity index (χ1v) is 3.88. The van der Waals surface area contributed by atoms with Crippen molar-refractivity contribution < 1.29 is 10.2 Å². The van der Waals surface area contributed by atoms with E-state index in [1.165, 1.54) is 6.42 Å². The summed E-state index contributed by atoms with van der Waals surface area (Å²) in [6, 6.07) is 1.61. The highest BCUT2D eigenvalue weighted by atomic mass is 16.3. The molecule has 0 atom stereocenters. The lowest BCUT2D eigenvalue weighted by Gasteiger charge is -2.24. The van der Waals surface area contributed by atoms with Gasteiger partial charge in [-0.15, -0.1) is 0 Å². The second-order valence-corrected chi connectivity index (χ2v) is 3.09. The summed E-state index contributed by atoms with van der Waals surface area (Å²) in [6.45, 7) is 0. The van der Waals surface area contributed by atoms with Gasteiger partial charge in [-0.05, 0) is 18.8 Å². The van der Waals surface area contributed by atoms with Crippen LogP contribution in [0.4, 0.5) is 0 Å². The van der Waals surface area contributed by atoms with Crippen LogP contribution in [0.1, 0.15) is 30.7 Å². The summed E-state index contributed by atoms with van der Waals surface area (Å²) in [4.78, 5) is 2.47. The number of rotatable bonds is 1. The molecule has 3 N–H and O–H groups in total. The molecule has 1 aromatic heterocycles. The van der Waals surface area contributed by atoms with Crippen LogP contribution < -0.4 is 0 Å². The third-order valence-corrected chi connectivity index (χ3v) is 2.36. The molecule has 1 aliphatic rings. The van der Waals surface area contributed by atoms with Gasteiger partial charge < -0.3 is 10.2 Å². The predicted octanol–water partition coefficient (Wildman–Crippen LogP) is 1.69. The fourth-order valence-corrected chi connectivity index (χ4v) is 1.48. The smallest absolute Gasteiger partial charge is 0.194 e. The molecule has 11 heavy (non-hydrogen) atoms. The maximum absolute atomic E-state index is 9.25. The van der Waals surface area contributed by atoms with E-state index in [4.69, 9.17) is 5.11 Å². The lowest BCUT2D eigenvalue weighted by atomic mass is 9.81. The zero-order valence-electron chi connectivity index (χ0n) is 6.17. The van der Waals surface area contributed by atoms with E-state index in [0.717, 1.165) is 18.4 Å². The number of hydrogen-bond acceptors (Lipinski definition) is 2. The summed E-state index contributed by atoms with van der Waals surface area (Å²) in [5.74, 6) is 0.656. The van der Waals surface area contributed by atoms with Crippen LogP contribution in [0.25, 0.3) is 0 Å². The van der Waals surface area contributed by atoms with Crippen LogP contribution >= 0.6 is 0 Å². The van der Waals surface area contributed by atoms with Crippen molar-refractivity contribution >= 4 is 0 Å². The normalized spacial score (nSPS) is 18.2. The molecular formula is C8H11NO2. The molecule has 1 saturated carbocycles. The lowest BCUT2D eigenvalue weighted by molar-refractivity contribution is 0.387. The number of aromatic hydroxyl groups is 2. The summed E-state index contributed by atoms with van der Waals surface area (Å²) in [5, 5.41) is 18.2. The van der Waals surface area contributed by atoms with Crippen molar-refractivity contribution in [1.29, 1.82) is 0 Å². The quantitative estimate of drug-likeness (QED) is 0.575. The van der Waals surface area contributed by atoms with Gasteiger partial charge in [0, 0.05) is 11.6 Å². The summed E-state index contributed by atoms with van der Waals surface area (Å²) in [6.07, 6.45) is 3.49. The molecule has 0 spiro atoms. The second-order valence-electron chi connectivity index (χ2n) is 3.09. The Balaban J connectivity index is 2.28. The maximum Gasteiger partial charge on any atom is 0.194 e. The maximum atomic E-state index is 9.25. The first-order valence-electron chi connectivity index (χ1n) is 3.88. The highest BCUT2D eigenvalue weighted by Gasteiger charge is 2.23. The third kappa shape index (κ3) is 0.964. The van der Waals surface area contributed by atoms with E-state index >= 15 is 0 Å². The standard InChI is InChI=1S/C8H11NO2/c10-7-4-6(8(11)9-7)5-2-1-3-5/h4-5,9-11H,1-3H2. The Morgan fingerprint density at radius 3 is 2.45 bits per heavy atom. The van der Waals surface area contributed by atoms with Gasteiger partial charge in [0.1, 0.15) is 0 Å². The number of hydrogen-bond donors (Lipinski definition) is 3. The highest BCUT2D eigenvalue weighted by molar-refractivity contribution is 5.36. The molecule has 0 amide bonds. The first-order chi connectivity index (χ1) is 5.27. The van der Waals surface area contributed by atoms with Crippen molar-refractivity contribution in [2.75, 3.05) is 0 Å². The van der Waals surface area contributed by atoms with Gasteiger partial charge in [0.25, 0.3) is 0 Å². The molecule has 1 fully saturated rings. The van der Waals surface area contributed by atoms with Crippen LogP contribution in [-0.2, 0) is 0 Å². The Hall–Kier alpha value is -1.12. The van der Waals surface area contributed by atoms with E-state index in [1.807, 2.05) is 0 Å². The molecule has 3 nitrogen and oxygen atoms in total. The van der Waals surface area contributed by atoms with E-state index in [-0.39, 0.29) is 11.8 Å². The molecule has 2 rings (SSSR count). The Morgan fingerprint density at radius 1 is 1.36 bits per heavy atom. The molecule has 0 aromatic carbocycles. The second kappa shape index (κ2) is 2.19. The molecular weight excluding hydrogens is 142 g/mol. The minimum absolute atomic E-state index is 0.0596. The summed E-state index contributed by atoms with van der Waals surface area (Å²) in [5.41, 5.74) is 0.869. The lowest BCUT2D eigenvalue weighted by Crippen LogP contribution is -2.07. The van der Waals surface area contributed by atoms with Crippen molar-refractivity contribution in [3.63, 3.8) is 0 Å². The van der Waals surface area contributed by atoms with Crippen LogP contribution in [0.15, 0.2) is 6.07 Å². The molecule has 1 heterocycles. The van der Waals surface area contributed by atoms with Crippen LogP contribution in [0.3, 0.4) is 0 Å². The molecule has 0 aliphatic heterocycles. The van der Waals surface area contributed by atoms with Crippen molar-refractivity contribution in [1.82, 2.24) is 4.98 Å². The average Bonchev–Trinajstić information content (AvgIpc) is 2.07. The van der Waals surface area contributed by atoms with Gasteiger partial charge in [0.05, 0.1) is 0 Å². The zero-order valence-corrected chi connectivity index (χ0v) is 6.17. The molecule has 0 saturated heterocycles. The Bertz CT molecular complexity index is 263. The number of aromatic nitrogens is 1.